The van der Waals surface area contributed by atoms with Crippen molar-refractivity contribution in [2.45, 2.75) is 39.2 Å². The number of carbonyl (C=O) groups excluding carboxylic acids is 1. The van der Waals surface area contributed by atoms with E-state index in [0.717, 1.165) is 33.6 Å². The minimum Gasteiger partial charge on any atom is -0.311 e. The topological polar surface area (TPSA) is 71.4 Å². The van der Waals surface area contributed by atoms with Crippen LogP contribution >= 0.6 is 11.6 Å². The molecule has 4 rings (SSSR count). The first-order chi connectivity index (χ1) is 15.8. The van der Waals surface area contributed by atoms with Gasteiger partial charge in [-0.2, -0.15) is 0 Å². The summed E-state index contributed by atoms with van der Waals surface area (Å²) in [6, 6.07) is 16.9. The van der Waals surface area contributed by atoms with Crippen molar-refractivity contribution >= 4 is 45.1 Å². The molecule has 0 spiro atoms. The molecule has 2 atom stereocenters. The zero-order chi connectivity index (χ0) is 24.0. The van der Waals surface area contributed by atoms with Crippen LogP contribution in [-0.4, -0.2) is 33.0 Å². The van der Waals surface area contributed by atoms with Gasteiger partial charge in [0.05, 0.1) is 16.5 Å². The summed E-state index contributed by atoms with van der Waals surface area (Å²) in [5.74, 6) is 0.670. The summed E-state index contributed by atoms with van der Waals surface area (Å²) < 4.78 is 16.7. The Hall–Kier alpha value is -2.48. The fourth-order valence-electron chi connectivity index (χ4n) is 3.81. The molecule has 1 amide bonds. The number of nitrogens with zero attached hydrogens (tertiary/aromatic N) is 2. The number of rotatable bonds is 5. The van der Waals surface area contributed by atoms with E-state index in [1.165, 1.54) is 0 Å². The summed E-state index contributed by atoms with van der Waals surface area (Å²) >= 11 is 5.54. The molecule has 2 aromatic carbocycles. The van der Waals surface area contributed by atoms with Crippen LogP contribution in [0.3, 0.4) is 0 Å². The Bertz CT molecular complexity index is 1200. The molecule has 1 N–H and O–H groups in total. The molecule has 1 aliphatic heterocycles. The number of benzene rings is 2. The lowest BCUT2D eigenvalue weighted by molar-refractivity contribution is -0.119. The first kappa shape index (κ1) is 25.1. The largest absolute Gasteiger partial charge is 0.311 e. The molecule has 2 heterocycles. The number of aromatic nitrogens is 1. The van der Waals surface area contributed by atoms with Crippen LogP contribution in [0.25, 0.3) is 10.9 Å². The average Bonchev–Trinajstić information content (AvgIpc) is 2.79. The number of anilines is 1. The zero-order valence-electron chi connectivity index (χ0n) is 19.2. The number of hydrogen-bond donors (Lipinski definition) is 1. The maximum atomic E-state index is 12.5. The van der Waals surface area contributed by atoms with Gasteiger partial charge in [-0.15, -0.1) is 0 Å². The lowest BCUT2D eigenvalue weighted by Gasteiger charge is -2.33. The molecule has 0 saturated carbocycles. The van der Waals surface area contributed by atoms with Crippen LogP contribution in [-0.2, 0) is 22.8 Å². The molecule has 0 aliphatic carbocycles. The van der Waals surface area contributed by atoms with Crippen LogP contribution in [0.4, 0.5) is 5.69 Å². The van der Waals surface area contributed by atoms with Crippen molar-refractivity contribution in [3.8, 4) is 0 Å². The highest BCUT2D eigenvalue weighted by atomic mass is 35.5. The Labute approximate surface area is 202 Å². The summed E-state index contributed by atoms with van der Waals surface area (Å²) in [4.78, 5) is 26.3. The fraction of sp³-hybridized carbons (Fsp3) is 0.360. The van der Waals surface area contributed by atoms with Crippen molar-refractivity contribution in [2.24, 2.45) is 7.05 Å². The fourth-order valence-corrected chi connectivity index (χ4v) is 5.01. The summed E-state index contributed by atoms with van der Waals surface area (Å²) in [6.07, 6.45) is 1.97. The predicted octanol–water partition coefficient (Wildman–Crippen LogP) is 4.35. The van der Waals surface area contributed by atoms with Gasteiger partial charge in [0.2, 0.25) is 5.91 Å². The van der Waals surface area contributed by atoms with Crippen molar-refractivity contribution in [2.75, 3.05) is 17.2 Å². The van der Waals surface area contributed by atoms with E-state index in [1.807, 2.05) is 62.4 Å². The Morgan fingerprint density at radius 3 is 2.48 bits per heavy atom. The number of piperidine rings is 1. The second-order valence-electron chi connectivity index (χ2n) is 8.13. The van der Waals surface area contributed by atoms with Crippen LogP contribution in [0.5, 0.6) is 0 Å². The van der Waals surface area contributed by atoms with E-state index in [9.17, 15) is 13.8 Å². The second-order valence-corrected chi connectivity index (χ2v) is 9.90. The molecule has 1 saturated heterocycles. The Kier molecular flexibility index (Phi) is 8.83. The van der Waals surface area contributed by atoms with Crippen molar-refractivity contribution < 1.29 is 9.00 Å². The number of hydrogen-bond acceptors (Lipinski definition) is 3. The van der Waals surface area contributed by atoms with Crippen LogP contribution in [0, 0.1) is 6.92 Å². The van der Waals surface area contributed by atoms with E-state index in [0.29, 0.717) is 25.1 Å². The smallest absolute Gasteiger partial charge is 0.251 e. The molecule has 2 unspecified atom stereocenters. The highest BCUT2D eigenvalue weighted by Gasteiger charge is 2.27. The quantitative estimate of drug-likeness (QED) is 0.581. The van der Waals surface area contributed by atoms with Gasteiger partial charge in [-0.3, -0.25) is 9.59 Å². The predicted molar refractivity (Wildman–Crippen MR) is 137 cm³/mol. The molecule has 1 fully saturated rings. The van der Waals surface area contributed by atoms with Gasteiger partial charge in [-0.1, -0.05) is 42.8 Å². The highest BCUT2D eigenvalue weighted by molar-refractivity contribution is 7.83. The van der Waals surface area contributed by atoms with Crippen molar-refractivity contribution in [1.29, 1.82) is 0 Å². The molecule has 3 aromatic rings. The van der Waals surface area contributed by atoms with E-state index < -0.39 is 11.0 Å². The van der Waals surface area contributed by atoms with Gasteiger partial charge in [0.15, 0.2) is 0 Å². The minimum atomic E-state index is -1.07. The SMILES string of the molecule is CCCS(=O)NC1CCC(=O)N(c2ccc3c(C)cc(=O)n(C)c3c2)C1.Clc1ccccc1. The first-order valence-corrected chi connectivity index (χ1v) is 12.8. The Morgan fingerprint density at radius 2 is 1.85 bits per heavy atom. The van der Waals surface area contributed by atoms with Gasteiger partial charge in [0.25, 0.3) is 5.56 Å². The lowest BCUT2D eigenvalue weighted by Crippen LogP contribution is -2.49. The number of nitrogens with one attached hydrogen (secondary N) is 1. The highest BCUT2D eigenvalue weighted by Crippen LogP contribution is 2.26. The van der Waals surface area contributed by atoms with Crippen molar-refractivity contribution in [3.05, 3.63) is 75.5 Å². The van der Waals surface area contributed by atoms with E-state index >= 15 is 0 Å². The maximum absolute atomic E-state index is 12.5. The normalized spacial score (nSPS) is 16.9. The Balaban J connectivity index is 0.000000374. The van der Waals surface area contributed by atoms with Gasteiger partial charge in [0, 0.05) is 54.0 Å². The summed E-state index contributed by atoms with van der Waals surface area (Å²) in [5, 5.41) is 1.79. The van der Waals surface area contributed by atoms with E-state index in [-0.39, 0.29) is 17.5 Å². The number of carbonyl (C=O) groups is 1. The summed E-state index contributed by atoms with van der Waals surface area (Å²) in [7, 11) is 0.675. The molecule has 8 heteroatoms. The number of fused-ring (bicyclic) bond motifs is 1. The number of halogens is 1. The van der Waals surface area contributed by atoms with Gasteiger partial charge < -0.3 is 9.47 Å². The molecule has 176 valence electrons. The van der Waals surface area contributed by atoms with Gasteiger partial charge in [0.1, 0.15) is 0 Å². The molecular weight excluding hydrogens is 458 g/mol. The van der Waals surface area contributed by atoms with E-state index in [4.69, 9.17) is 11.6 Å². The molecular formula is C25H30ClN3O3S. The lowest BCUT2D eigenvalue weighted by atomic mass is 10.0. The maximum Gasteiger partial charge on any atom is 0.251 e. The van der Waals surface area contributed by atoms with Crippen molar-refractivity contribution in [1.82, 2.24) is 9.29 Å². The molecule has 0 radical (unpaired) electrons. The van der Waals surface area contributed by atoms with Crippen LogP contribution in [0.2, 0.25) is 5.02 Å². The molecule has 1 aliphatic rings. The molecule has 33 heavy (non-hydrogen) atoms. The standard InChI is InChI=1S/C19H25N3O3S.C6H5Cl/c1-4-9-26(25)20-14-5-8-18(23)22(12-14)15-6-7-16-13(2)10-19(24)21(3)17(16)11-15;7-6-4-2-1-3-5-6/h6-7,10-11,14,20H,4-5,8-9,12H2,1-3H3;1-5H. The zero-order valence-corrected chi connectivity index (χ0v) is 20.8. The third kappa shape index (κ3) is 6.53. The van der Waals surface area contributed by atoms with E-state index in [2.05, 4.69) is 4.72 Å². The third-order valence-electron chi connectivity index (χ3n) is 5.58. The van der Waals surface area contributed by atoms with Crippen LogP contribution in [0.1, 0.15) is 31.7 Å². The first-order valence-electron chi connectivity index (χ1n) is 11.1. The number of aryl methyl sites for hydroxylation is 2. The van der Waals surface area contributed by atoms with Crippen LogP contribution < -0.4 is 15.2 Å². The van der Waals surface area contributed by atoms with Gasteiger partial charge in [-0.05, 0) is 49.6 Å². The molecule has 1 aromatic heterocycles. The van der Waals surface area contributed by atoms with Crippen molar-refractivity contribution in [3.63, 3.8) is 0 Å². The van der Waals surface area contributed by atoms with Crippen LogP contribution in [0.15, 0.2) is 59.4 Å². The summed E-state index contributed by atoms with van der Waals surface area (Å²) in [6.45, 7) is 4.40. The average molecular weight is 488 g/mol. The Morgan fingerprint density at radius 1 is 1.12 bits per heavy atom. The van der Waals surface area contributed by atoms with Gasteiger partial charge in [-0.25, -0.2) is 8.93 Å². The third-order valence-corrected chi connectivity index (χ3v) is 7.21. The monoisotopic (exact) mass is 487 g/mol. The van der Waals surface area contributed by atoms with E-state index in [1.54, 1.807) is 22.6 Å². The minimum absolute atomic E-state index is 0.0112. The molecule has 0 bridgehead atoms. The second kappa shape index (κ2) is 11.6. The molecule has 6 nitrogen and oxygen atoms in total. The van der Waals surface area contributed by atoms with Gasteiger partial charge >= 0.3 is 0 Å². The summed E-state index contributed by atoms with van der Waals surface area (Å²) in [5.41, 5.74) is 2.45. The number of amides is 1. The number of pyridine rings is 1.